The summed E-state index contributed by atoms with van der Waals surface area (Å²) in [5.41, 5.74) is 2.30. The molecule has 1 aromatic rings. The summed E-state index contributed by atoms with van der Waals surface area (Å²) in [6, 6.07) is 6.25. The Balaban J connectivity index is 1.69. The first-order chi connectivity index (χ1) is 9.63. The quantitative estimate of drug-likeness (QED) is 0.826. The first-order valence-corrected chi connectivity index (χ1v) is 7.29. The molecule has 2 aliphatic rings. The summed E-state index contributed by atoms with van der Waals surface area (Å²) < 4.78 is 11.1. The molecular formula is C16H21NO3. The van der Waals surface area contributed by atoms with Crippen molar-refractivity contribution in [1.29, 1.82) is 0 Å². The highest BCUT2D eigenvalue weighted by molar-refractivity contribution is 5.79. The Hall–Kier alpha value is -1.55. The van der Waals surface area contributed by atoms with E-state index in [1.165, 1.54) is 5.56 Å². The van der Waals surface area contributed by atoms with E-state index in [9.17, 15) is 4.79 Å². The Morgan fingerprint density at radius 3 is 3.10 bits per heavy atom. The normalized spacial score (nSPS) is 25.2. The van der Waals surface area contributed by atoms with E-state index in [0.717, 1.165) is 24.3 Å². The van der Waals surface area contributed by atoms with Crippen LogP contribution in [0.5, 0.6) is 5.75 Å². The zero-order chi connectivity index (χ0) is 14.1. The predicted octanol–water partition coefficient (Wildman–Crippen LogP) is 1.80. The van der Waals surface area contributed by atoms with Gasteiger partial charge in [0.2, 0.25) is 5.91 Å². The molecule has 0 bridgehead atoms. The molecule has 0 radical (unpaired) electrons. The van der Waals surface area contributed by atoms with Crippen LogP contribution < -0.4 is 4.74 Å². The Bertz CT molecular complexity index is 514. The molecule has 1 amide bonds. The largest absolute Gasteiger partial charge is 0.493 e. The highest BCUT2D eigenvalue weighted by atomic mass is 16.5. The molecular weight excluding hydrogens is 254 g/mol. The molecule has 2 aliphatic heterocycles. The second-order valence-corrected chi connectivity index (χ2v) is 5.76. The van der Waals surface area contributed by atoms with Crippen LogP contribution in [0.4, 0.5) is 0 Å². The molecule has 4 heteroatoms. The molecule has 1 aromatic carbocycles. The van der Waals surface area contributed by atoms with Gasteiger partial charge in [0.25, 0.3) is 0 Å². The summed E-state index contributed by atoms with van der Waals surface area (Å²) in [6.45, 7) is 6.13. The van der Waals surface area contributed by atoms with Crippen molar-refractivity contribution in [3.8, 4) is 5.75 Å². The zero-order valence-corrected chi connectivity index (χ0v) is 12.1. The molecule has 1 fully saturated rings. The predicted molar refractivity (Wildman–Crippen MR) is 75.9 cm³/mol. The second kappa shape index (κ2) is 5.44. The number of carbonyl (C=O) groups is 1. The van der Waals surface area contributed by atoms with Crippen LogP contribution in [-0.4, -0.2) is 42.7 Å². The summed E-state index contributed by atoms with van der Waals surface area (Å²) in [4.78, 5) is 14.4. The highest BCUT2D eigenvalue weighted by Gasteiger charge is 2.27. The van der Waals surface area contributed by atoms with Crippen LogP contribution in [0, 0.1) is 0 Å². The van der Waals surface area contributed by atoms with Crippen molar-refractivity contribution in [2.24, 2.45) is 0 Å². The maximum atomic E-state index is 12.5. The summed E-state index contributed by atoms with van der Waals surface area (Å²) in [5.74, 6) is 1.15. The number of hydrogen-bond acceptors (Lipinski definition) is 3. The van der Waals surface area contributed by atoms with E-state index in [2.05, 4.69) is 6.07 Å². The van der Waals surface area contributed by atoms with Gasteiger partial charge in [0, 0.05) is 13.0 Å². The van der Waals surface area contributed by atoms with E-state index < -0.39 is 0 Å². The van der Waals surface area contributed by atoms with Gasteiger partial charge in [-0.3, -0.25) is 4.79 Å². The van der Waals surface area contributed by atoms with Crippen molar-refractivity contribution in [1.82, 2.24) is 4.90 Å². The Labute approximate surface area is 119 Å². The molecule has 0 unspecified atom stereocenters. The molecule has 0 saturated carbocycles. The number of amides is 1. The second-order valence-electron chi connectivity index (χ2n) is 5.76. The lowest BCUT2D eigenvalue weighted by Gasteiger charge is -2.37. The van der Waals surface area contributed by atoms with Crippen molar-refractivity contribution in [3.63, 3.8) is 0 Å². The number of rotatable bonds is 2. The molecule has 0 N–H and O–H groups in total. The minimum absolute atomic E-state index is 0.128. The standard InChI is InChI=1S/C16H21NO3/c1-11-10-20-12(2)9-17(11)16(18)8-13-3-4-15-14(7-13)5-6-19-15/h3-4,7,11-12H,5-6,8-10H2,1-2H3/t11-,12+/m1/s1. The molecule has 1 saturated heterocycles. The zero-order valence-electron chi connectivity index (χ0n) is 12.1. The summed E-state index contributed by atoms with van der Waals surface area (Å²) in [7, 11) is 0. The van der Waals surface area contributed by atoms with Gasteiger partial charge in [-0.2, -0.15) is 0 Å². The van der Waals surface area contributed by atoms with Gasteiger partial charge in [0.1, 0.15) is 5.75 Å². The molecule has 3 rings (SSSR count). The third-order valence-corrected chi connectivity index (χ3v) is 4.04. The van der Waals surface area contributed by atoms with E-state index >= 15 is 0 Å². The number of morpholine rings is 1. The van der Waals surface area contributed by atoms with Gasteiger partial charge in [-0.05, 0) is 31.0 Å². The van der Waals surface area contributed by atoms with Crippen molar-refractivity contribution in [2.45, 2.75) is 38.8 Å². The molecule has 0 aliphatic carbocycles. The fourth-order valence-corrected chi connectivity index (χ4v) is 2.88. The average molecular weight is 275 g/mol. The molecule has 2 heterocycles. The van der Waals surface area contributed by atoms with E-state index in [-0.39, 0.29) is 18.1 Å². The maximum Gasteiger partial charge on any atom is 0.227 e. The van der Waals surface area contributed by atoms with E-state index in [4.69, 9.17) is 9.47 Å². The topological polar surface area (TPSA) is 38.8 Å². The van der Waals surface area contributed by atoms with Gasteiger partial charge in [-0.15, -0.1) is 0 Å². The highest BCUT2D eigenvalue weighted by Crippen LogP contribution is 2.26. The van der Waals surface area contributed by atoms with Gasteiger partial charge in [-0.25, -0.2) is 0 Å². The molecule has 20 heavy (non-hydrogen) atoms. The summed E-state index contributed by atoms with van der Waals surface area (Å²) >= 11 is 0. The maximum absolute atomic E-state index is 12.5. The summed E-state index contributed by atoms with van der Waals surface area (Å²) in [5, 5.41) is 0. The first kappa shape index (κ1) is 13.4. The van der Waals surface area contributed by atoms with E-state index in [0.29, 0.717) is 19.6 Å². The lowest BCUT2D eigenvalue weighted by Crippen LogP contribution is -2.50. The molecule has 108 valence electrons. The van der Waals surface area contributed by atoms with Crippen molar-refractivity contribution < 1.29 is 14.3 Å². The van der Waals surface area contributed by atoms with Crippen LogP contribution in [0.2, 0.25) is 0 Å². The number of fused-ring (bicyclic) bond motifs is 1. The monoisotopic (exact) mass is 275 g/mol. The van der Waals surface area contributed by atoms with Gasteiger partial charge in [-0.1, -0.05) is 12.1 Å². The van der Waals surface area contributed by atoms with Crippen LogP contribution in [0.3, 0.4) is 0 Å². The van der Waals surface area contributed by atoms with Crippen LogP contribution >= 0.6 is 0 Å². The van der Waals surface area contributed by atoms with Crippen molar-refractivity contribution in [2.75, 3.05) is 19.8 Å². The van der Waals surface area contributed by atoms with Gasteiger partial charge in [0.15, 0.2) is 0 Å². The number of carbonyl (C=O) groups excluding carboxylic acids is 1. The molecule has 2 atom stereocenters. The fourth-order valence-electron chi connectivity index (χ4n) is 2.88. The number of hydrogen-bond donors (Lipinski definition) is 0. The summed E-state index contributed by atoms with van der Waals surface area (Å²) in [6.07, 6.45) is 1.54. The van der Waals surface area contributed by atoms with Gasteiger partial charge >= 0.3 is 0 Å². The molecule has 4 nitrogen and oxygen atoms in total. The van der Waals surface area contributed by atoms with Crippen LogP contribution in [0.25, 0.3) is 0 Å². The lowest BCUT2D eigenvalue weighted by molar-refractivity contribution is -0.142. The fraction of sp³-hybridized carbons (Fsp3) is 0.562. The Morgan fingerprint density at radius 2 is 2.25 bits per heavy atom. The lowest BCUT2D eigenvalue weighted by atomic mass is 10.0. The SMILES string of the molecule is C[C@@H]1CO[C@@H](C)CN1C(=O)Cc1ccc2c(c1)CCO2. The minimum atomic E-state index is 0.128. The minimum Gasteiger partial charge on any atom is -0.493 e. The smallest absolute Gasteiger partial charge is 0.227 e. The van der Waals surface area contributed by atoms with Crippen LogP contribution in [0.1, 0.15) is 25.0 Å². The first-order valence-electron chi connectivity index (χ1n) is 7.29. The van der Waals surface area contributed by atoms with Gasteiger partial charge in [0.05, 0.1) is 31.8 Å². The van der Waals surface area contributed by atoms with Crippen molar-refractivity contribution >= 4 is 5.91 Å². The average Bonchev–Trinajstić information content (AvgIpc) is 2.89. The third-order valence-electron chi connectivity index (χ3n) is 4.04. The van der Waals surface area contributed by atoms with Crippen molar-refractivity contribution in [3.05, 3.63) is 29.3 Å². The van der Waals surface area contributed by atoms with Crippen LogP contribution in [0.15, 0.2) is 18.2 Å². The number of benzene rings is 1. The van der Waals surface area contributed by atoms with E-state index in [1.54, 1.807) is 0 Å². The molecule has 0 aromatic heterocycles. The number of nitrogens with zero attached hydrogens (tertiary/aromatic N) is 1. The van der Waals surface area contributed by atoms with Gasteiger partial charge < -0.3 is 14.4 Å². The Kier molecular flexibility index (Phi) is 3.66. The number of ether oxygens (including phenoxy) is 2. The van der Waals surface area contributed by atoms with E-state index in [1.807, 2.05) is 30.9 Å². The van der Waals surface area contributed by atoms with Crippen LogP contribution in [-0.2, 0) is 22.4 Å². The molecule has 0 spiro atoms. The third kappa shape index (κ3) is 2.66. The Morgan fingerprint density at radius 1 is 1.40 bits per heavy atom.